The number of hydrazine groups is 1. The Kier molecular flexibility index (Phi) is 4.29. The van der Waals surface area contributed by atoms with Gasteiger partial charge in [-0.15, -0.1) is 0 Å². The second-order valence-corrected chi connectivity index (χ2v) is 5.73. The van der Waals surface area contributed by atoms with Crippen LogP contribution in [-0.4, -0.2) is 52.9 Å². The summed E-state index contributed by atoms with van der Waals surface area (Å²) in [4.78, 5) is 28.3. The third kappa shape index (κ3) is 3.68. The van der Waals surface area contributed by atoms with E-state index >= 15 is 0 Å². The number of carbonyl (C=O) groups is 2. The van der Waals surface area contributed by atoms with Crippen molar-refractivity contribution in [3.63, 3.8) is 0 Å². The first-order valence-electron chi connectivity index (χ1n) is 7.58. The monoisotopic (exact) mass is 318 g/mol. The Labute approximate surface area is 133 Å². The predicted octanol–water partition coefficient (Wildman–Crippen LogP) is 1.04. The molecule has 2 amide bonds. The Bertz CT molecular complexity index is 735. The van der Waals surface area contributed by atoms with Crippen molar-refractivity contribution in [1.82, 2.24) is 20.3 Å². The minimum absolute atomic E-state index is 0.0567. The number of nitrogens with zero attached hydrogens (tertiary/aromatic N) is 2. The molecule has 1 aromatic carbocycles. The highest BCUT2D eigenvalue weighted by Crippen LogP contribution is 2.17. The van der Waals surface area contributed by atoms with Crippen LogP contribution in [0.5, 0.6) is 0 Å². The van der Waals surface area contributed by atoms with Crippen molar-refractivity contribution in [2.24, 2.45) is 0 Å². The first-order chi connectivity index (χ1) is 11.0. The number of rotatable bonds is 3. The van der Waals surface area contributed by atoms with E-state index in [1.165, 1.54) is 12.1 Å². The van der Waals surface area contributed by atoms with E-state index in [-0.39, 0.29) is 24.1 Å². The molecule has 0 radical (unpaired) electrons. The van der Waals surface area contributed by atoms with E-state index < -0.39 is 0 Å². The lowest BCUT2D eigenvalue weighted by Crippen LogP contribution is -2.54. The summed E-state index contributed by atoms with van der Waals surface area (Å²) in [5.41, 5.74) is 4.40. The van der Waals surface area contributed by atoms with Gasteiger partial charge in [0.25, 0.3) is 0 Å². The van der Waals surface area contributed by atoms with Crippen molar-refractivity contribution >= 4 is 22.7 Å². The molecular formula is C16H19FN4O2. The van der Waals surface area contributed by atoms with E-state index in [9.17, 15) is 14.0 Å². The maximum Gasteiger partial charge on any atom is 0.240 e. The molecule has 6 nitrogen and oxygen atoms in total. The zero-order valence-corrected chi connectivity index (χ0v) is 12.9. The fraction of sp³-hybridized carbons (Fsp3) is 0.375. The van der Waals surface area contributed by atoms with E-state index in [1.54, 1.807) is 24.0 Å². The highest BCUT2D eigenvalue weighted by Gasteiger charge is 2.20. The van der Waals surface area contributed by atoms with Crippen LogP contribution in [0.2, 0.25) is 0 Å². The number of amides is 2. The van der Waals surface area contributed by atoms with Crippen molar-refractivity contribution in [2.75, 3.05) is 26.2 Å². The lowest BCUT2D eigenvalue weighted by Gasteiger charge is -2.34. The number of aromatic amines is 1. The average molecular weight is 318 g/mol. The molecule has 0 spiro atoms. The molecule has 122 valence electrons. The largest absolute Gasteiger partial charge is 0.358 e. The van der Waals surface area contributed by atoms with E-state index in [1.807, 2.05) is 5.01 Å². The molecule has 2 aromatic rings. The Morgan fingerprint density at radius 3 is 2.65 bits per heavy atom. The smallest absolute Gasteiger partial charge is 0.240 e. The van der Waals surface area contributed by atoms with Crippen molar-refractivity contribution in [2.45, 2.75) is 13.3 Å². The van der Waals surface area contributed by atoms with Crippen LogP contribution in [0.15, 0.2) is 24.3 Å². The fourth-order valence-electron chi connectivity index (χ4n) is 2.78. The van der Waals surface area contributed by atoms with Crippen LogP contribution >= 0.6 is 0 Å². The molecule has 0 atom stereocenters. The second kappa shape index (κ2) is 6.37. The summed E-state index contributed by atoms with van der Waals surface area (Å²) in [7, 11) is 0. The number of hydrogen-bond acceptors (Lipinski definition) is 3. The molecule has 0 bridgehead atoms. The van der Waals surface area contributed by atoms with Crippen LogP contribution in [0.4, 0.5) is 4.39 Å². The minimum atomic E-state index is -0.296. The van der Waals surface area contributed by atoms with Crippen LogP contribution in [-0.2, 0) is 16.0 Å². The topological polar surface area (TPSA) is 68.4 Å². The first-order valence-corrected chi connectivity index (χ1v) is 7.58. The molecule has 1 aliphatic rings. The molecular weight excluding hydrogens is 299 g/mol. The lowest BCUT2D eigenvalue weighted by atomic mass is 10.2. The minimum Gasteiger partial charge on any atom is -0.358 e. The molecule has 0 saturated carbocycles. The molecule has 7 heteroatoms. The molecule has 0 unspecified atom stereocenters. The molecule has 1 fully saturated rings. The Morgan fingerprint density at radius 1 is 1.22 bits per heavy atom. The summed E-state index contributed by atoms with van der Waals surface area (Å²) in [6.07, 6.45) is 0.198. The fourth-order valence-corrected chi connectivity index (χ4v) is 2.78. The molecule has 3 rings (SSSR count). The maximum absolute atomic E-state index is 13.2. The third-order valence-electron chi connectivity index (χ3n) is 4.00. The summed E-state index contributed by atoms with van der Waals surface area (Å²) >= 11 is 0. The van der Waals surface area contributed by atoms with Crippen LogP contribution in [0.3, 0.4) is 0 Å². The third-order valence-corrected chi connectivity index (χ3v) is 4.00. The summed E-state index contributed by atoms with van der Waals surface area (Å²) in [6.45, 7) is 4.00. The van der Waals surface area contributed by atoms with Crippen LogP contribution < -0.4 is 5.43 Å². The Morgan fingerprint density at radius 2 is 1.96 bits per heavy atom. The molecule has 23 heavy (non-hydrogen) atoms. The second-order valence-electron chi connectivity index (χ2n) is 5.73. The van der Waals surface area contributed by atoms with Gasteiger partial charge in [-0.1, -0.05) is 0 Å². The van der Waals surface area contributed by atoms with Gasteiger partial charge in [0.2, 0.25) is 11.8 Å². The van der Waals surface area contributed by atoms with Gasteiger partial charge < -0.3 is 9.88 Å². The van der Waals surface area contributed by atoms with Gasteiger partial charge in [-0.2, -0.15) is 0 Å². The van der Waals surface area contributed by atoms with E-state index in [4.69, 9.17) is 0 Å². The number of carbonyl (C=O) groups excluding carboxylic acids is 2. The van der Waals surface area contributed by atoms with Gasteiger partial charge in [-0.3, -0.25) is 15.0 Å². The Balaban J connectivity index is 1.55. The Hall–Kier alpha value is -2.41. The molecule has 2 heterocycles. The van der Waals surface area contributed by atoms with E-state index in [0.29, 0.717) is 26.2 Å². The van der Waals surface area contributed by atoms with Crippen molar-refractivity contribution in [3.05, 3.63) is 35.8 Å². The van der Waals surface area contributed by atoms with Crippen molar-refractivity contribution < 1.29 is 14.0 Å². The molecule has 1 saturated heterocycles. The van der Waals surface area contributed by atoms with Gasteiger partial charge in [0.15, 0.2) is 0 Å². The quantitative estimate of drug-likeness (QED) is 0.889. The number of hydrogen-bond donors (Lipinski definition) is 2. The van der Waals surface area contributed by atoms with Crippen LogP contribution in [0, 0.1) is 5.82 Å². The van der Waals surface area contributed by atoms with Gasteiger partial charge in [-0.05, 0) is 24.3 Å². The SMILES string of the molecule is CC(=O)N1CCN(NC(=O)Cc2cc3cc(F)ccc3[nH]2)CC1. The zero-order chi connectivity index (χ0) is 16.4. The number of benzene rings is 1. The summed E-state index contributed by atoms with van der Waals surface area (Å²) < 4.78 is 13.2. The number of halogens is 1. The van der Waals surface area contributed by atoms with Gasteiger partial charge in [-0.25, -0.2) is 9.40 Å². The molecule has 2 N–H and O–H groups in total. The van der Waals surface area contributed by atoms with Gasteiger partial charge in [0, 0.05) is 49.7 Å². The standard InChI is InChI=1S/C16H19FN4O2/c1-11(22)20-4-6-21(7-5-20)19-16(23)10-14-9-12-8-13(17)2-3-15(12)18-14/h2-3,8-9,18H,4-7,10H2,1H3,(H,19,23). The van der Waals surface area contributed by atoms with Crippen molar-refractivity contribution in [1.29, 1.82) is 0 Å². The molecule has 1 aliphatic heterocycles. The average Bonchev–Trinajstić information content (AvgIpc) is 2.88. The van der Waals surface area contributed by atoms with Gasteiger partial charge in [0.1, 0.15) is 5.82 Å². The van der Waals surface area contributed by atoms with Crippen LogP contribution in [0.25, 0.3) is 10.9 Å². The predicted molar refractivity (Wildman–Crippen MR) is 83.9 cm³/mol. The normalized spacial score (nSPS) is 15.8. The number of aromatic nitrogens is 1. The molecule has 1 aromatic heterocycles. The number of H-pyrrole nitrogens is 1. The van der Waals surface area contributed by atoms with E-state index in [2.05, 4.69) is 10.4 Å². The number of nitrogens with one attached hydrogen (secondary N) is 2. The summed E-state index contributed by atoms with van der Waals surface area (Å²) in [5.74, 6) is -0.370. The molecule has 0 aliphatic carbocycles. The van der Waals surface area contributed by atoms with Gasteiger partial charge in [0.05, 0.1) is 6.42 Å². The summed E-state index contributed by atoms with van der Waals surface area (Å²) in [5, 5.41) is 2.58. The first kappa shape index (κ1) is 15.5. The van der Waals surface area contributed by atoms with Crippen molar-refractivity contribution in [3.8, 4) is 0 Å². The lowest BCUT2D eigenvalue weighted by molar-refractivity contribution is -0.132. The highest BCUT2D eigenvalue weighted by atomic mass is 19.1. The zero-order valence-electron chi connectivity index (χ0n) is 12.9. The summed E-state index contributed by atoms with van der Waals surface area (Å²) in [6, 6.07) is 6.27. The van der Waals surface area contributed by atoms with Crippen LogP contribution in [0.1, 0.15) is 12.6 Å². The number of piperazine rings is 1. The highest BCUT2D eigenvalue weighted by molar-refractivity contribution is 5.84. The number of fused-ring (bicyclic) bond motifs is 1. The van der Waals surface area contributed by atoms with Gasteiger partial charge >= 0.3 is 0 Å². The van der Waals surface area contributed by atoms with E-state index in [0.717, 1.165) is 16.6 Å². The maximum atomic E-state index is 13.2.